The lowest BCUT2D eigenvalue weighted by Crippen LogP contribution is -2.11. The van der Waals surface area contributed by atoms with Crippen LogP contribution in [0.2, 0.25) is 0 Å². The molecule has 2 rings (SSSR count). The first-order valence-electron chi connectivity index (χ1n) is 6.64. The predicted molar refractivity (Wildman–Crippen MR) is 84.0 cm³/mol. The van der Waals surface area contributed by atoms with Crippen LogP contribution in [0, 0.1) is 20.8 Å². The van der Waals surface area contributed by atoms with Crippen LogP contribution in [-0.2, 0) is 24.7 Å². The van der Waals surface area contributed by atoms with E-state index in [2.05, 4.69) is 46.2 Å². The van der Waals surface area contributed by atoms with Crippen molar-refractivity contribution in [1.82, 2.24) is 9.78 Å². The SMILES string of the molecule is Cc1ccc(C)c(CC(=O)Cc2c(Br)c(C)nn2C)c1. The van der Waals surface area contributed by atoms with Gasteiger partial charge in [0.2, 0.25) is 0 Å². The summed E-state index contributed by atoms with van der Waals surface area (Å²) in [5.41, 5.74) is 5.34. The van der Waals surface area contributed by atoms with E-state index in [1.807, 2.05) is 20.9 Å². The Hall–Kier alpha value is -1.42. The number of benzene rings is 1. The summed E-state index contributed by atoms with van der Waals surface area (Å²) >= 11 is 3.51. The summed E-state index contributed by atoms with van der Waals surface area (Å²) in [5.74, 6) is 0.211. The molecule has 0 aliphatic rings. The molecule has 0 atom stereocenters. The highest BCUT2D eigenvalue weighted by molar-refractivity contribution is 9.10. The first-order valence-corrected chi connectivity index (χ1v) is 7.43. The molecule has 0 radical (unpaired) electrons. The van der Waals surface area contributed by atoms with E-state index in [0.29, 0.717) is 12.8 Å². The lowest BCUT2D eigenvalue weighted by Gasteiger charge is -2.07. The number of ketones is 1. The molecule has 0 saturated carbocycles. The van der Waals surface area contributed by atoms with Crippen LogP contribution in [0.15, 0.2) is 22.7 Å². The molecule has 0 saturated heterocycles. The Bertz CT molecular complexity index is 659. The first kappa shape index (κ1) is 15.0. The number of carbonyl (C=O) groups is 1. The van der Waals surface area contributed by atoms with E-state index in [1.54, 1.807) is 4.68 Å². The van der Waals surface area contributed by atoms with E-state index in [1.165, 1.54) is 11.1 Å². The van der Waals surface area contributed by atoms with Gasteiger partial charge in [-0.2, -0.15) is 5.10 Å². The highest BCUT2D eigenvalue weighted by atomic mass is 79.9. The number of carbonyl (C=O) groups excluding carboxylic acids is 1. The molecule has 0 fully saturated rings. The van der Waals surface area contributed by atoms with Crippen LogP contribution in [0.3, 0.4) is 0 Å². The van der Waals surface area contributed by atoms with Crippen molar-refractivity contribution in [3.05, 3.63) is 50.8 Å². The second-order valence-corrected chi connectivity index (χ2v) is 6.08. The lowest BCUT2D eigenvalue weighted by atomic mass is 9.99. The summed E-state index contributed by atoms with van der Waals surface area (Å²) < 4.78 is 2.72. The Morgan fingerprint density at radius 2 is 1.95 bits per heavy atom. The minimum atomic E-state index is 0.211. The van der Waals surface area contributed by atoms with Crippen molar-refractivity contribution < 1.29 is 4.79 Å². The normalized spacial score (nSPS) is 10.8. The van der Waals surface area contributed by atoms with Crippen LogP contribution < -0.4 is 0 Å². The fourth-order valence-corrected chi connectivity index (χ4v) is 2.80. The average molecular weight is 335 g/mol. The molecule has 0 unspecified atom stereocenters. The van der Waals surface area contributed by atoms with Crippen LogP contribution in [0.1, 0.15) is 28.1 Å². The molecule has 106 valence electrons. The smallest absolute Gasteiger partial charge is 0.143 e. The predicted octanol–water partition coefficient (Wildman–Crippen LogP) is 3.46. The molecular formula is C16H19BrN2O. The molecule has 2 aromatic rings. The number of aromatic nitrogens is 2. The minimum absolute atomic E-state index is 0.211. The molecule has 20 heavy (non-hydrogen) atoms. The van der Waals surface area contributed by atoms with E-state index >= 15 is 0 Å². The van der Waals surface area contributed by atoms with Crippen molar-refractivity contribution >= 4 is 21.7 Å². The monoisotopic (exact) mass is 334 g/mol. The zero-order valence-electron chi connectivity index (χ0n) is 12.3. The molecule has 1 aromatic heterocycles. The average Bonchev–Trinajstić information content (AvgIpc) is 2.61. The summed E-state index contributed by atoms with van der Waals surface area (Å²) in [7, 11) is 1.87. The van der Waals surface area contributed by atoms with Crippen LogP contribution in [0.5, 0.6) is 0 Å². The second-order valence-electron chi connectivity index (χ2n) is 5.29. The molecule has 0 aliphatic carbocycles. The van der Waals surface area contributed by atoms with Crippen molar-refractivity contribution in [2.75, 3.05) is 0 Å². The van der Waals surface area contributed by atoms with Crippen molar-refractivity contribution in [1.29, 1.82) is 0 Å². The number of halogens is 1. The number of hydrogen-bond acceptors (Lipinski definition) is 2. The van der Waals surface area contributed by atoms with Gasteiger partial charge in [-0.1, -0.05) is 23.8 Å². The Kier molecular flexibility index (Phi) is 4.43. The van der Waals surface area contributed by atoms with Crippen molar-refractivity contribution in [2.24, 2.45) is 7.05 Å². The zero-order valence-corrected chi connectivity index (χ0v) is 13.9. The second kappa shape index (κ2) is 5.92. The first-order chi connectivity index (χ1) is 9.38. The van der Waals surface area contributed by atoms with E-state index in [4.69, 9.17) is 0 Å². The van der Waals surface area contributed by atoms with Crippen LogP contribution >= 0.6 is 15.9 Å². The van der Waals surface area contributed by atoms with Gasteiger partial charge < -0.3 is 0 Å². The van der Waals surface area contributed by atoms with Crippen molar-refractivity contribution in [3.63, 3.8) is 0 Å². The van der Waals surface area contributed by atoms with E-state index in [9.17, 15) is 4.79 Å². The zero-order chi connectivity index (χ0) is 14.9. The maximum atomic E-state index is 12.3. The molecule has 1 heterocycles. The molecule has 3 nitrogen and oxygen atoms in total. The Labute approximate surface area is 128 Å². The van der Waals surface area contributed by atoms with Gasteiger partial charge >= 0.3 is 0 Å². The van der Waals surface area contributed by atoms with E-state index in [-0.39, 0.29) is 5.78 Å². The molecule has 0 aliphatic heterocycles. The molecule has 4 heteroatoms. The summed E-state index contributed by atoms with van der Waals surface area (Å²) in [6.07, 6.45) is 0.884. The van der Waals surface area contributed by atoms with Gasteiger partial charge in [0.1, 0.15) is 5.78 Å². The number of aryl methyl sites for hydroxylation is 4. The number of rotatable bonds is 4. The fourth-order valence-electron chi connectivity index (χ4n) is 2.32. The number of nitrogens with zero attached hydrogens (tertiary/aromatic N) is 2. The molecule has 1 aromatic carbocycles. The van der Waals surface area contributed by atoms with Gasteiger partial charge in [0, 0.05) is 19.9 Å². The topological polar surface area (TPSA) is 34.9 Å². The Morgan fingerprint density at radius 3 is 2.55 bits per heavy atom. The van der Waals surface area contributed by atoms with E-state index in [0.717, 1.165) is 21.4 Å². The fraction of sp³-hybridized carbons (Fsp3) is 0.375. The number of hydrogen-bond donors (Lipinski definition) is 0. The molecular weight excluding hydrogens is 316 g/mol. The van der Waals surface area contributed by atoms with Crippen molar-refractivity contribution in [2.45, 2.75) is 33.6 Å². The van der Waals surface area contributed by atoms with Crippen LogP contribution in [0.25, 0.3) is 0 Å². The summed E-state index contributed by atoms with van der Waals surface area (Å²) in [5, 5.41) is 4.32. The van der Waals surface area contributed by atoms with Gasteiger partial charge in [-0.15, -0.1) is 0 Å². The maximum Gasteiger partial charge on any atom is 0.143 e. The van der Waals surface area contributed by atoms with Gasteiger partial charge in [0.05, 0.1) is 15.9 Å². The van der Waals surface area contributed by atoms with E-state index < -0.39 is 0 Å². The standard InChI is InChI=1S/C16H19BrN2O/c1-10-5-6-11(2)13(7-10)8-14(20)9-15-16(17)12(3)18-19(15)4/h5-7H,8-9H2,1-4H3. The Morgan fingerprint density at radius 1 is 1.25 bits per heavy atom. The minimum Gasteiger partial charge on any atom is -0.299 e. The molecule has 0 amide bonds. The highest BCUT2D eigenvalue weighted by Crippen LogP contribution is 2.21. The van der Waals surface area contributed by atoms with Crippen molar-refractivity contribution in [3.8, 4) is 0 Å². The quantitative estimate of drug-likeness (QED) is 0.858. The Balaban J connectivity index is 2.15. The van der Waals surface area contributed by atoms with Crippen LogP contribution in [0.4, 0.5) is 0 Å². The molecule has 0 bridgehead atoms. The third-order valence-electron chi connectivity index (χ3n) is 3.52. The van der Waals surface area contributed by atoms with Gasteiger partial charge in [-0.05, 0) is 47.8 Å². The number of Topliss-reactive ketones (excluding diaryl/α,β-unsaturated/α-hetero) is 1. The van der Waals surface area contributed by atoms with Gasteiger partial charge in [0.15, 0.2) is 0 Å². The highest BCUT2D eigenvalue weighted by Gasteiger charge is 2.15. The maximum absolute atomic E-state index is 12.3. The van der Waals surface area contributed by atoms with Crippen LogP contribution in [-0.4, -0.2) is 15.6 Å². The van der Waals surface area contributed by atoms with Gasteiger partial charge in [-0.25, -0.2) is 0 Å². The van der Waals surface area contributed by atoms with Gasteiger partial charge in [0.25, 0.3) is 0 Å². The summed E-state index contributed by atoms with van der Waals surface area (Å²) in [6.45, 7) is 6.03. The third-order valence-corrected chi connectivity index (χ3v) is 4.55. The summed E-state index contributed by atoms with van der Waals surface area (Å²) in [6, 6.07) is 6.24. The summed E-state index contributed by atoms with van der Waals surface area (Å²) in [4.78, 5) is 12.3. The molecule has 0 spiro atoms. The van der Waals surface area contributed by atoms with Gasteiger partial charge in [-0.3, -0.25) is 9.48 Å². The lowest BCUT2D eigenvalue weighted by molar-refractivity contribution is -0.117. The molecule has 0 N–H and O–H groups in total. The third kappa shape index (κ3) is 3.18. The largest absolute Gasteiger partial charge is 0.299 e.